The molecule has 1 fully saturated rings. The topological polar surface area (TPSA) is 55.1 Å². The molecule has 1 saturated heterocycles. The van der Waals surface area contributed by atoms with Gasteiger partial charge in [0.2, 0.25) is 0 Å². The molecule has 1 aliphatic heterocycles. The van der Waals surface area contributed by atoms with Crippen molar-refractivity contribution in [1.82, 2.24) is 4.98 Å². The van der Waals surface area contributed by atoms with E-state index in [-0.39, 0.29) is 6.29 Å². The first-order valence-corrected chi connectivity index (χ1v) is 3.99. The van der Waals surface area contributed by atoms with Crippen molar-refractivity contribution in [2.75, 3.05) is 13.2 Å². The Bertz CT molecular complexity index is 340. The van der Waals surface area contributed by atoms with Crippen molar-refractivity contribution in [1.29, 1.82) is 5.26 Å². The van der Waals surface area contributed by atoms with Gasteiger partial charge < -0.3 is 9.47 Å². The van der Waals surface area contributed by atoms with Crippen molar-refractivity contribution in [2.45, 2.75) is 6.29 Å². The summed E-state index contributed by atoms with van der Waals surface area (Å²) in [6.07, 6.45) is 1.26. The summed E-state index contributed by atoms with van der Waals surface area (Å²) in [5, 5.41) is 8.61. The molecular weight excluding hydrogens is 168 g/mol. The molecule has 1 aromatic heterocycles. The fourth-order valence-electron chi connectivity index (χ4n) is 1.21. The highest BCUT2D eigenvalue weighted by Gasteiger charge is 2.18. The Morgan fingerprint density at radius 1 is 1.46 bits per heavy atom. The molecule has 0 aromatic carbocycles. The lowest BCUT2D eigenvalue weighted by Crippen LogP contribution is -1.98. The standard InChI is InChI=1S/C9H8N2O2/c10-6-8-5-7(1-2-11-8)9-12-3-4-13-9/h1-2,5,9H,3-4H2. The number of rotatable bonds is 1. The van der Waals surface area contributed by atoms with Crippen molar-refractivity contribution in [3.05, 3.63) is 29.6 Å². The normalized spacial score (nSPS) is 17.2. The van der Waals surface area contributed by atoms with Gasteiger partial charge in [0.1, 0.15) is 11.8 Å². The molecule has 0 unspecified atom stereocenters. The van der Waals surface area contributed by atoms with Crippen LogP contribution in [0.25, 0.3) is 0 Å². The van der Waals surface area contributed by atoms with Crippen LogP contribution in [0.3, 0.4) is 0 Å². The van der Waals surface area contributed by atoms with Gasteiger partial charge in [-0.15, -0.1) is 0 Å². The number of hydrogen-bond donors (Lipinski definition) is 0. The molecule has 4 heteroatoms. The Kier molecular flexibility index (Phi) is 2.21. The number of hydrogen-bond acceptors (Lipinski definition) is 4. The first-order chi connectivity index (χ1) is 6.40. The largest absolute Gasteiger partial charge is 0.346 e. The molecule has 4 nitrogen and oxygen atoms in total. The summed E-state index contributed by atoms with van der Waals surface area (Å²) in [6, 6.07) is 5.43. The number of nitriles is 1. The zero-order chi connectivity index (χ0) is 9.10. The Hall–Kier alpha value is -1.44. The molecule has 0 saturated carbocycles. The van der Waals surface area contributed by atoms with Crippen LogP contribution in [0.1, 0.15) is 17.5 Å². The SMILES string of the molecule is N#Cc1cc(C2OCCO2)ccn1. The van der Waals surface area contributed by atoms with E-state index < -0.39 is 0 Å². The van der Waals surface area contributed by atoms with E-state index >= 15 is 0 Å². The Balaban J connectivity index is 2.25. The summed E-state index contributed by atoms with van der Waals surface area (Å²) in [5.41, 5.74) is 1.24. The summed E-state index contributed by atoms with van der Waals surface area (Å²) in [6.45, 7) is 1.21. The first kappa shape index (κ1) is 8.17. The van der Waals surface area contributed by atoms with E-state index in [0.717, 1.165) is 5.56 Å². The number of nitrogens with zero attached hydrogens (tertiary/aromatic N) is 2. The maximum absolute atomic E-state index is 8.61. The van der Waals surface area contributed by atoms with Crippen LogP contribution in [-0.2, 0) is 9.47 Å². The quantitative estimate of drug-likeness (QED) is 0.640. The maximum Gasteiger partial charge on any atom is 0.184 e. The van der Waals surface area contributed by atoms with Gasteiger partial charge in [0.15, 0.2) is 6.29 Å². The lowest BCUT2D eigenvalue weighted by Gasteiger charge is -2.07. The number of ether oxygens (including phenoxy) is 2. The molecule has 0 spiro atoms. The highest BCUT2D eigenvalue weighted by atomic mass is 16.7. The molecule has 66 valence electrons. The molecule has 0 radical (unpaired) electrons. The molecule has 0 N–H and O–H groups in total. The van der Waals surface area contributed by atoms with Crippen LogP contribution in [0.2, 0.25) is 0 Å². The molecule has 0 amide bonds. The smallest absolute Gasteiger partial charge is 0.184 e. The predicted octanol–water partition coefficient (Wildman–Crippen LogP) is 0.999. The number of pyridine rings is 1. The van der Waals surface area contributed by atoms with Gasteiger partial charge in [-0.3, -0.25) is 0 Å². The zero-order valence-electron chi connectivity index (χ0n) is 6.93. The summed E-state index contributed by atoms with van der Waals surface area (Å²) in [7, 11) is 0. The van der Waals surface area contributed by atoms with Crippen molar-refractivity contribution in [2.24, 2.45) is 0 Å². The van der Waals surface area contributed by atoms with E-state index in [4.69, 9.17) is 14.7 Å². The van der Waals surface area contributed by atoms with Crippen LogP contribution in [0.15, 0.2) is 18.3 Å². The Morgan fingerprint density at radius 2 is 2.23 bits per heavy atom. The maximum atomic E-state index is 8.61. The molecule has 0 bridgehead atoms. The van der Waals surface area contributed by atoms with Crippen molar-refractivity contribution < 1.29 is 9.47 Å². The highest BCUT2D eigenvalue weighted by Crippen LogP contribution is 2.22. The van der Waals surface area contributed by atoms with Gasteiger partial charge >= 0.3 is 0 Å². The van der Waals surface area contributed by atoms with Crippen LogP contribution in [0, 0.1) is 11.3 Å². The molecule has 0 atom stereocenters. The second-order valence-electron chi connectivity index (χ2n) is 2.66. The lowest BCUT2D eigenvalue weighted by molar-refractivity contribution is -0.0441. The van der Waals surface area contributed by atoms with Crippen LogP contribution in [-0.4, -0.2) is 18.2 Å². The van der Waals surface area contributed by atoms with Crippen molar-refractivity contribution >= 4 is 0 Å². The summed E-state index contributed by atoms with van der Waals surface area (Å²) in [5.74, 6) is 0. The van der Waals surface area contributed by atoms with Crippen molar-refractivity contribution in [3.8, 4) is 6.07 Å². The third kappa shape index (κ3) is 1.66. The van der Waals surface area contributed by atoms with Gasteiger partial charge in [0.05, 0.1) is 13.2 Å². The number of aromatic nitrogens is 1. The zero-order valence-corrected chi connectivity index (χ0v) is 6.93. The third-order valence-corrected chi connectivity index (χ3v) is 1.79. The highest BCUT2D eigenvalue weighted by molar-refractivity contribution is 5.26. The first-order valence-electron chi connectivity index (χ1n) is 3.99. The predicted molar refractivity (Wildman–Crippen MR) is 43.6 cm³/mol. The van der Waals surface area contributed by atoms with Gasteiger partial charge in [-0.1, -0.05) is 0 Å². The monoisotopic (exact) mass is 176 g/mol. The van der Waals surface area contributed by atoms with Crippen molar-refractivity contribution in [3.63, 3.8) is 0 Å². The van der Waals surface area contributed by atoms with Gasteiger partial charge in [0.25, 0.3) is 0 Å². The van der Waals surface area contributed by atoms with Gasteiger partial charge in [-0.25, -0.2) is 4.98 Å². The minimum absolute atomic E-state index is 0.324. The van der Waals surface area contributed by atoms with E-state index in [1.165, 1.54) is 0 Å². The molecule has 13 heavy (non-hydrogen) atoms. The Labute approximate surface area is 75.7 Å². The minimum Gasteiger partial charge on any atom is -0.346 e. The van der Waals surface area contributed by atoms with Crippen LogP contribution in [0.4, 0.5) is 0 Å². The second kappa shape index (κ2) is 3.52. The summed E-state index contributed by atoms with van der Waals surface area (Å²) >= 11 is 0. The van der Waals surface area contributed by atoms with E-state index in [1.54, 1.807) is 18.3 Å². The fraction of sp³-hybridized carbons (Fsp3) is 0.333. The lowest BCUT2D eigenvalue weighted by atomic mass is 10.2. The minimum atomic E-state index is -0.324. The van der Waals surface area contributed by atoms with E-state index in [2.05, 4.69) is 4.98 Å². The second-order valence-corrected chi connectivity index (χ2v) is 2.66. The van der Waals surface area contributed by atoms with Crippen LogP contribution in [0.5, 0.6) is 0 Å². The van der Waals surface area contributed by atoms with Crippen LogP contribution >= 0.6 is 0 Å². The summed E-state index contributed by atoms with van der Waals surface area (Å²) < 4.78 is 10.6. The third-order valence-electron chi connectivity index (χ3n) is 1.79. The van der Waals surface area contributed by atoms with Gasteiger partial charge in [-0.2, -0.15) is 5.26 Å². The average molecular weight is 176 g/mol. The Morgan fingerprint density at radius 3 is 2.92 bits per heavy atom. The van der Waals surface area contributed by atoms with Gasteiger partial charge in [-0.05, 0) is 12.1 Å². The van der Waals surface area contributed by atoms with Crippen LogP contribution < -0.4 is 0 Å². The molecule has 2 rings (SSSR count). The molecule has 1 aliphatic rings. The molecular formula is C9H8N2O2. The van der Waals surface area contributed by atoms with E-state index in [9.17, 15) is 0 Å². The molecule has 2 heterocycles. The molecule has 1 aromatic rings. The fourth-order valence-corrected chi connectivity index (χ4v) is 1.21. The molecule has 0 aliphatic carbocycles. The van der Waals surface area contributed by atoms with E-state index in [1.807, 2.05) is 6.07 Å². The van der Waals surface area contributed by atoms with Gasteiger partial charge in [0, 0.05) is 11.8 Å². The average Bonchev–Trinajstić information content (AvgIpc) is 2.71. The summed E-state index contributed by atoms with van der Waals surface area (Å²) in [4.78, 5) is 3.86. The van der Waals surface area contributed by atoms with E-state index in [0.29, 0.717) is 18.9 Å².